The summed E-state index contributed by atoms with van der Waals surface area (Å²) < 4.78 is 13.7. The smallest absolute Gasteiger partial charge is 0.187 e. The fourth-order valence-corrected chi connectivity index (χ4v) is 1.23. The minimum Gasteiger partial charge on any atom is -0.356 e. The third-order valence-corrected chi connectivity index (χ3v) is 2.10. The molecule has 0 aliphatic rings. The molecule has 1 heterocycles. The highest BCUT2D eigenvalue weighted by Crippen LogP contribution is 2.16. The lowest BCUT2D eigenvalue weighted by Gasteiger charge is -2.17. The summed E-state index contributed by atoms with van der Waals surface area (Å²) in [6.07, 6.45) is 2.23. The molecule has 1 aromatic rings. The minimum atomic E-state index is -0.388. The van der Waals surface area contributed by atoms with Gasteiger partial charge in [0.1, 0.15) is 6.33 Å². The summed E-state index contributed by atoms with van der Waals surface area (Å²) in [5, 5.41) is 8.43. The maximum atomic E-state index is 13.7. The van der Waals surface area contributed by atoms with E-state index in [1.54, 1.807) is 11.9 Å². The van der Waals surface area contributed by atoms with Gasteiger partial charge in [-0.1, -0.05) is 6.92 Å². The predicted molar refractivity (Wildman–Crippen MR) is 54.9 cm³/mol. The SMILES string of the molecule is CCc1ncnc(N(C)CCC#N)c1F. The quantitative estimate of drug-likeness (QED) is 0.753. The molecule has 0 saturated carbocycles. The third kappa shape index (κ3) is 2.62. The molecule has 1 aromatic heterocycles. The lowest BCUT2D eigenvalue weighted by molar-refractivity contribution is 0.588. The fourth-order valence-electron chi connectivity index (χ4n) is 1.23. The van der Waals surface area contributed by atoms with Crippen molar-refractivity contribution in [3.8, 4) is 6.07 Å². The van der Waals surface area contributed by atoms with Crippen LogP contribution in [0.4, 0.5) is 10.2 Å². The Hall–Kier alpha value is -1.70. The van der Waals surface area contributed by atoms with Crippen molar-refractivity contribution in [2.45, 2.75) is 19.8 Å². The molecule has 0 N–H and O–H groups in total. The molecule has 80 valence electrons. The molecule has 0 spiro atoms. The van der Waals surface area contributed by atoms with E-state index in [1.165, 1.54) is 6.33 Å². The van der Waals surface area contributed by atoms with E-state index in [9.17, 15) is 4.39 Å². The molecule has 15 heavy (non-hydrogen) atoms. The number of halogens is 1. The van der Waals surface area contributed by atoms with Gasteiger partial charge >= 0.3 is 0 Å². The van der Waals surface area contributed by atoms with Crippen LogP contribution in [0.1, 0.15) is 19.0 Å². The van der Waals surface area contributed by atoms with Crippen LogP contribution in [0.5, 0.6) is 0 Å². The van der Waals surface area contributed by atoms with Gasteiger partial charge < -0.3 is 4.90 Å². The van der Waals surface area contributed by atoms with Crippen LogP contribution in [-0.4, -0.2) is 23.6 Å². The highest BCUT2D eigenvalue weighted by molar-refractivity contribution is 5.40. The zero-order valence-corrected chi connectivity index (χ0v) is 8.87. The number of aryl methyl sites for hydroxylation is 1. The van der Waals surface area contributed by atoms with Crippen LogP contribution in [-0.2, 0) is 6.42 Å². The Balaban J connectivity index is 2.89. The third-order valence-electron chi connectivity index (χ3n) is 2.10. The van der Waals surface area contributed by atoms with Crippen molar-refractivity contribution in [1.29, 1.82) is 5.26 Å². The predicted octanol–water partition coefficient (Wildman–Crippen LogP) is 1.53. The summed E-state index contributed by atoms with van der Waals surface area (Å²) in [4.78, 5) is 9.34. The van der Waals surface area contributed by atoms with E-state index in [4.69, 9.17) is 5.26 Å². The molecule has 0 bridgehead atoms. The fraction of sp³-hybridized carbons (Fsp3) is 0.500. The topological polar surface area (TPSA) is 52.8 Å². The van der Waals surface area contributed by atoms with Gasteiger partial charge in [-0.3, -0.25) is 0 Å². The van der Waals surface area contributed by atoms with Gasteiger partial charge in [-0.05, 0) is 6.42 Å². The average Bonchev–Trinajstić information content (AvgIpc) is 2.26. The van der Waals surface area contributed by atoms with Gasteiger partial charge in [0.25, 0.3) is 0 Å². The summed E-state index contributed by atoms with van der Waals surface area (Å²) in [5.41, 5.74) is 0.406. The molecular weight excluding hydrogens is 195 g/mol. The molecule has 0 fully saturated rings. The van der Waals surface area contributed by atoms with Gasteiger partial charge in [0, 0.05) is 13.6 Å². The van der Waals surface area contributed by atoms with Crippen LogP contribution in [0.15, 0.2) is 6.33 Å². The first-order valence-corrected chi connectivity index (χ1v) is 4.78. The molecule has 1 rings (SSSR count). The number of aromatic nitrogens is 2. The molecule has 0 aliphatic heterocycles. The van der Waals surface area contributed by atoms with Crippen molar-refractivity contribution in [1.82, 2.24) is 9.97 Å². The van der Waals surface area contributed by atoms with E-state index in [0.29, 0.717) is 25.1 Å². The molecule has 4 nitrogen and oxygen atoms in total. The van der Waals surface area contributed by atoms with Crippen molar-refractivity contribution in [3.63, 3.8) is 0 Å². The van der Waals surface area contributed by atoms with E-state index < -0.39 is 0 Å². The summed E-state index contributed by atoms with van der Waals surface area (Å²) in [7, 11) is 1.71. The number of hydrogen-bond donors (Lipinski definition) is 0. The maximum Gasteiger partial charge on any atom is 0.187 e. The number of anilines is 1. The molecule has 0 aromatic carbocycles. The molecule has 0 amide bonds. The second-order valence-electron chi connectivity index (χ2n) is 3.14. The Morgan fingerprint density at radius 3 is 2.87 bits per heavy atom. The van der Waals surface area contributed by atoms with Crippen molar-refractivity contribution >= 4 is 5.82 Å². The zero-order valence-electron chi connectivity index (χ0n) is 8.87. The number of nitriles is 1. The molecule has 0 aliphatic carbocycles. The van der Waals surface area contributed by atoms with Gasteiger partial charge in [0.15, 0.2) is 11.6 Å². The minimum absolute atomic E-state index is 0.261. The van der Waals surface area contributed by atoms with E-state index >= 15 is 0 Å². The molecule has 0 atom stereocenters. The van der Waals surface area contributed by atoms with Gasteiger partial charge in [-0.25, -0.2) is 14.4 Å². The normalized spacial score (nSPS) is 9.73. The van der Waals surface area contributed by atoms with Gasteiger partial charge in [-0.15, -0.1) is 0 Å². The first-order chi connectivity index (χ1) is 7.20. The largest absolute Gasteiger partial charge is 0.356 e. The van der Waals surface area contributed by atoms with Crippen molar-refractivity contribution in [2.75, 3.05) is 18.5 Å². The Kier molecular flexibility index (Phi) is 3.98. The van der Waals surface area contributed by atoms with E-state index in [2.05, 4.69) is 9.97 Å². The van der Waals surface area contributed by atoms with Crippen LogP contribution in [0.3, 0.4) is 0 Å². The van der Waals surface area contributed by atoms with Crippen LogP contribution >= 0.6 is 0 Å². The summed E-state index contributed by atoms with van der Waals surface area (Å²) in [5.74, 6) is -0.127. The van der Waals surface area contributed by atoms with E-state index in [0.717, 1.165) is 0 Å². The number of rotatable bonds is 4. The van der Waals surface area contributed by atoms with Crippen LogP contribution in [0, 0.1) is 17.1 Å². The lowest BCUT2D eigenvalue weighted by Crippen LogP contribution is -2.21. The summed E-state index contributed by atoms with van der Waals surface area (Å²) in [6.45, 7) is 2.30. The van der Waals surface area contributed by atoms with Crippen LogP contribution in [0.25, 0.3) is 0 Å². The second kappa shape index (κ2) is 5.25. The molecule has 0 unspecified atom stereocenters. The highest BCUT2D eigenvalue weighted by atomic mass is 19.1. The monoisotopic (exact) mass is 208 g/mol. The number of hydrogen-bond acceptors (Lipinski definition) is 4. The number of nitrogens with zero attached hydrogens (tertiary/aromatic N) is 4. The van der Waals surface area contributed by atoms with Gasteiger partial charge in [0.05, 0.1) is 18.2 Å². The first-order valence-electron chi connectivity index (χ1n) is 4.78. The average molecular weight is 208 g/mol. The Labute approximate surface area is 88.4 Å². The van der Waals surface area contributed by atoms with Crippen LogP contribution < -0.4 is 4.90 Å². The highest BCUT2D eigenvalue weighted by Gasteiger charge is 2.12. The Bertz CT molecular complexity index is 372. The summed E-state index contributed by atoms with van der Waals surface area (Å²) in [6, 6.07) is 2.01. The van der Waals surface area contributed by atoms with Gasteiger partial charge in [0.2, 0.25) is 0 Å². The molecule has 5 heteroatoms. The Morgan fingerprint density at radius 1 is 1.53 bits per heavy atom. The van der Waals surface area contributed by atoms with Crippen molar-refractivity contribution in [2.24, 2.45) is 0 Å². The zero-order chi connectivity index (χ0) is 11.3. The van der Waals surface area contributed by atoms with Crippen molar-refractivity contribution < 1.29 is 4.39 Å². The van der Waals surface area contributed by atoms with Crippen molar-refractivity contribution in [3.05, 3.63) is 17.8 Å². The molecule has 0 saturated heterocycles. The maximum absolute atomic E-state index is 13.7. The molecular formula is C10H13FN4. The van der Waals surface area contributed by atoms with E-state index in [1.807, 2.05) is 13.0 Å². The second-order valence-corrected chi connectivity index (χ2v) is 3.14. The molecule has 0 radical (unpaired) electrons. The lowest BCUT2D eigenvalue weighted by atomic mass is 10.3. The van der Waals surface area contributed by atoms with Crippen LogP contribution in [0.2, 0.25) is 0 Å². The summed E-state index contributed by atoms with van der Waals surface area (Å²) >= 11 is 0. The first kappa shape index (κ1) is 11.4. The standard InChI is InChI=1S/C10H13FN4/c1-3-8-9(11)10(14-7-13-8)15(2)6-4-5-12/h7H,3-4,6H2,1-2H3. The van der Waals surface area contributed by atoms with Gasteiger partial charge in [-0.2, -0.15) is 5.26 Å². The van der Waals surface area contributed by atoms with E-state index in [-0.39, 0.29) is 11.6 Å². The Morgan fingerprint density at radius 2 is 2.27 bits per heavy atom.